The molecule has 2 amide bonds. The third kappa shape index (κ3) is 3.96. The van der Waals surface area contributed by atoms with Crippen molar-refractivity contribution >= 4 is 28.3 Å². The van der Waals surface area contributed by atoms with E-state index < -0.39 is 5.41 Å². The molecule has 8 heteroatoms. The summed E-state index contributed by atoms with van der Waals surface area (Å²) in [6, 6.07) is 13.3. The Kier molecular flexibility index (Phi) is 6.12. The quantitative estimate of drug-likeness (QED) is 0.542. The first-order valence-corrected chi connectivity index (χ1v) is 12.1. The van der Waals surface area contributed by atoms with Crippen LogP contribution in [-0.4, -0.2) is 65.8 Å². The summed E-state index contributed by atoms with van der Waals surface area (Å²) >= 11 is 0. The van der Waals surface area contributed by atoms with E-state index in [9.17, 15) is 9.59 Å². The molecule has 2 aromatic carbocycles. The van der Waals surface area contributed by atoms with Crippen molar-refractivity contribution in [3.05, 3.63) is 66.0 Å². The van der Waals surface area contributed by atoms with Crippen LogP contribution in [0.15, 0.2) is 60.0 Å². The third-order valence-corrected chi connectivity index (χ3v) is 7.20. The van der Waals surface area contributed by atoms with Crippen LogP contribution in [0.5, 0.6) is 11.5 Å². The van der Waals surface area contributed by atoms with Gasteiger partial charge in [0, 0.05) is 36.4 Å². The van der Waals surface area contributed by atoms with E-state index in [-0.39, 0.29) is 17.9 Å². The Bertz CT molecular complexity index is 1350. The van der Waals surface area contributed by atoms with Gasteiger partial charge in [0.25, 0.3) is 11.8 Å². The van der Waals surface area contributed by atoms with E-state index in [4.69, 9.17) is 14.6 Å². The molecule has 1 aromatic heterocycles. The first-order valence-electron chi connectivity index (χ1n) is 12.1. The number of methoxy groups -OCH3 is 2. The number of carbonyl (C=O) groups excluding carboxylic acids is 2. The van der Waals surface area contributed by atoms with Crippen LogP contribution in [0.3, 0.4) is 0 Å². The summed E-state index contributed by atoms with van der Waals surface area (Å²) in [4.78, 5) is 32.9. The van der Waals surface area contributed by atoms with E-state index in [0.29, 0.717) is 48.7 Å². The molecule has 5 rings (SSSR count). The molecule has 1 saturated heterocycles. The van der Waals surface area contributed by atoms with Gasteiger partial charge in [-0.3, -0.25) is 14.6 Å². The van der Waals surface area contributed by atoms with E-state index in [1.807, 2.05) is 61.2 Å². The highest BCUT2D eigenvalue weighted by Gasteiger charge is 2.47. The second-order valence-corrected chi connectivity index (χ2v) is 9.72. The lowest BCUT2D eigenvalue weighted by Gasteiger charge is -2.35. The Morgan fingerprint density at radius 1 is 1.00 bits per heavy atom. The summed E-state index contributed by atoms with van der Waals surface area (Å²) in [5.41, 5.74) is 1.36. The van der Waals surface area contributed by atoms with Crippen LogP contribution in [0.4, 0.5) is 0 Å². The SMILES string of the molecule is COc1ccc(C2=NN(C3CCN(C(=O)c4cncc5ccccc45)CC3)C(=O)C2(C)C)cc1OC. The first kappa shape index (κ1) is 23.8. The predicted molar refractivity (Wildman–Crippen MR) is 137 cm³/mol. The molecule has 1 fully saturated rings. The number of hydrogen-bond donors (Lipinski definition) is 0. The number of ether oxygens (including phenoxy) is 2. The van der Waals surface area contributed by atoms with Crippen LogP contribution in [-0.2, 0) is 4.79 Å². The summed E-state index contributed by atoms with van der Waals surface area (Å²) in [6.07, 6.45) is 4.74. The van der Waals surface area contributed by atoms with Gasteiger partial charge in [0.15, 0.2) is 11.5 Å². The van der Waals surface area contributed by atoms with Crippen molar-refractivity contribution in [2.45, 2.75) is 32.7 Å². The van der Waals surface area contributed by atoms with E-state index in [1.165, 1.54) is 0 Å². The molecule has 0 aliphatic carbocycles. The average molecular weight is 487 g/mol. The lowest BCUT2D eigenvalue weighted by atomic mass is 9.83. The zero-order valence-electron chi connectivity index (χ0n) is 21.0. The summed E-state index contributed by atoms with van der Waals surface area (Å²) in [5.74, 6) is 1.16. The number of likely N-dealkylation sites (tertiary alicyclic amines) is 1. The molecule has 3 heterocycles. The fraction of sp³-hybridized carbons (Fsp3) is 0.357. The molecule has 0 spiro atoms. The van der Waals surface area contributed by atoms with Gasteiger partial charge in [-0.05, 0) is 50.3 Å². The first-order chi connectivity index (χ1) is 17.3. The van der Waals surface area contributed by atoms with Crippen molar-refractivity contribution in [1.29, 1.82) is 0 Å². The summed E-state index contributed by atoms with van der Waals surface area (Å²) in [7, 11) is 3.18. The number of benzene rings is 2. The number of hydrogen-bond acceptors (Lipinski definition) is 6. The molecule has 0 radical (unpaired) electrons. The summed E-state index contributed by atoms with van der Waals surface area (Å²) in [5, 5.41) is 8.29. The fourth-order valence-electron chi connectivity index (χ4n) is 5.09. The van der Waals surface area contributed by atoms with Gasteiger partial charge in [-0.1, -0.05) is 24.3 Å². The molecule has 0 unspecified atom stereocenters. The number of carbonyl (C=O) groups is 2. The number of hydrazone groups is 1. The number of rotatable bonds is 5. The number of fused-ring (bicyclic) bond motifs is 1. The normalized spacial score (nSPS) is 17.9. The molecule has 3 aromatic rings. The van der Waals surface area contributed by atoms with Crippen molar-refractivity contribution in [2.75, 3.05) is 27.3 Å². The molecule has 0 saturated carbocycles. The van der Waals surface area contributed by atoms with Crippen LogP contribution in [0.25, 0.3) is 10.8 Å². The number of piperidine rings is 1. The molecule has 186 valence electrons. The highest BCUT2D eigenvalue weighted by molar-refractivity contribution is 6.19. The van der Waals surface area contributed by atoms with Crippen LogP contribution in [0.1, 0.15) is 42.6 Å². The molecule has 0 bridgehead atoms. The Morgan fingerprint density at radius 2 is 1.72 bits per heavy atom. The monoisotopic (exact) mass is 486 g/mol. The van der Waals surface area contributed by atoms with Crippen LogP contribution in [0, 0.1) is 5.41 Å². The van der Waals surface area contributed by atoms with Gasteiger partial charge in [0.1, 0.15) is 0 Å². The maximum atomic E-state index is 13.4. The maximum absolute atomic E-state index is 13.4. The van der Waals surface area contributed by atoms with E-state index in [0.717, 1.165) is 16.3 Å². The predicted octanol–water partition coefficient (Wildman–Crippen LogP) is 4.13. The molecule has 0 atom stereocenters. The van der Waals surface area contributed by atoms with Gasteiger partial charge in [-0.2, -0.15) is 5.10 Å². The maximum Gasteiger partial charge on any atom is 0.256 e. The average Bonchev–Trinajstić information content (AvgIpc) is 3.16. The van der Waals surface area contributed by atoms with Crippen LogP contribution < -0.4 is 9.47 Å². The van der Waals surface area contributed by atoms with Crippen molar-refractivity contribution in [2.24, 2.45) is 10.5 Å². The molecule has 8 nitrogen and oxygen atoms in total. The number of aromatic nitrogens is 1. The Hall–Kier alpha value is -3.94. The molecule has 36 heavy (non-hydrogen) atoms. The molecular formula is C28H30N4O4. The number of amides is 2. The fourth-order valence-corrected chi connectivity index (χ4v) is 5.09. The standard InChI is InChI=1S/C28H30N4O4/c1-28(2)25(18-9-10-23(35-3)24(15-18)36-4)30-32(27(28)34)20-11-13-31(14-12-20)26(33)22-17-29-16-19-7-5-6-8-21(19)22/h5-10,15-17,20H,11-14H2,1-4H3. The largest absolute Gasteiger partial charge is 0.493 e. The van der Waals surface area contributed by atoms with Gasteiger partial charge >= 0.3 is 0 Å². The van der Waals surface area contributed by atoms with E-state index >= 15 is 0 Å². The van der Waals surface area contributed by atoms with Gasteiger partial charge in [0.2, 0.25) is 0 Å². The van der Waals surface area contributed by atoms with Gasteiger partial charge in [-0.15, -0.1) is 0 Å². The highest BCUT2D eigenvalue weighted by Crippen LogP contribution is 2.37. The van der Waals surface area contributed by atoms with Crippen LogP contribution in [0.2, 0.25) is 0 Å². The van der Waals surface area contributed by atoms with Gasteiger partial charge in [0.05, 0.1) is 37.0 Å². The van der Waals surface area contributed by atoms with Crippen molar-refractivity contribution < 1.29 is 19.1 Å². The lowest BCUT2D eigenvalue weighted by Crippen LogP contribution is -2.47. The second kappa shape index (κ2) is 9.26. The molecule has 2 aliphatic rings. The minimum absolute atomic E-state index is 0.0275. The minimum atomic E-state index is -0.777. The lowest BCUT2D eigenvalue weighted by molar-refractivity contribution is -0.137. The zero-order valence-corrected chi connectivity index (χ0v) is 21.0. The molecule has 2 aliphatic heterocycles. The molecular weight excluding hydrogens is 456 g/mol. The molecule has 0 N–H and O–H groups in total. The Balaban J connectivity index is 1.34. The van der Waals surface area contributed by atoms with Gasteiger partial charge < -0.3 is 14.4 Å². The minimum Gasteiger partial charge on any atom is -0.493 e. The second-order valence-electron chi connectivity index (χ2n) is 9.72. The Labute approximate surface area is 210 Å². The highest BCUT2D eigenvalue weighted by atomic mass is 16.5. The number of nitrogens with zero attached hydrogens (tertiary/aromatic N) is 4. The van der Waals surface area contributed by atoms with E-state index in [1.54, 1.807) is 31.6 Å². The number of pyridine rings is 1. The smallest absolute Gasteiger partial charge is 0.256 e. The van der Waals surface area contributed by atoms with Crippen LogP contribution >= 0.6 is 0 Å². The zero-order chi connectivity index (χ0) is 25.4. The van der Waals surface area contributed by atoms with Gasteiger partial charge in [-0.25, -0.2) is 5.01 Å². The summed E-state index contributed by atoms with van der Waals surface area (Å²) < 4.78 is 10.8. The Morgan fingerprint density at radius 3 is 2.44 bits per heavy atom. The van der Waals surface area contributed by atoms with E-state index in [2.05, 4.69) is 4.98 Å². The van der Waals surface area contributed by atoms with Crippen molar-refractivity contribution in [3.8, 4) is 11.5 Å². The van der Waals surface area contributed by atoms with Crippen molar-refractivity contribution in [1.82, 2.24) is 14.9 Å². The third-order valence-electron chi connectivity index (χ3n) is 7.20. The topological polar surface area (TPSA) is 84.3 Å². The van der Waals surface area contributed by atoms with Crippen molar-refractivity contribution in [3.63, 3.8) is 0 Å². The summed E-state index contributed by atoms with van der Waals surface area (Å²) in [6.45, 7) is 4.91.